The summed E-state index contributed by atoms with van der Waals surface area (Å²) in [6.45, 7) is 4.48. The Balaban J connectivity index is 1.88. The number of carbonyl (C=O) groups excluding carboxylic acids is 1. The van der Waals surface area contributed by atoms with Gasteiger partial charge in [-0.2, -0.15) is 5.10 Å². The van der Waals surface area contributed by atoms with E-state index in [4.69, 9.17) is 16.3 Å². The van der Waals surface area contributed by atoms with Gasteiger partial charge in [0.05, 0.1) is 19.4 Å². The molecular formula is C18H20ClN3O2. The third-order valence-electron chi connectivity index (χ3n) is 3.32. The van der Waals surface area contributed by atoms with Crippen LogP contribution in [0.25, 0.3) is 0 Å². The minimum atomic E-state index is -0.250. The molecule has 126 valence electrons. The minimum Gasteiger partial charge on any atom is -0.493 e. The highest BCUT2D eigenvalue weighted by Crippen LogP contribution is 2.22. The van der Waals surface area contributed by atoms with Gasteiger partial charge in [-0.15, -0.1) is 0 Å². The summed E-state index contributed by atoms with van der Waals surface area (Å²) in [6, 6.07) is 13.0. The van der Waals surface area contributed by atoms with Crippen LogP contribution in [0.4, 0.5) is 5.69 Å². The predicted molar refractivity (Wildman–Crippen MR) is 98.0 cm³/mol. The number of benzene rings is 2. The number of rotatable bonds is 7. The monoisotopic (exact) mass is 345 g/mol. The van der Waals surface area contributed by atoms with Gasteiger partial charge in [-0.1, -0.05) is 29.8 Å². The molecule has 2 aromatic rings. The molecule has 0 radical (unpaired) electrons. The maximum atomic E-state index is 11.9. The number of carbonyl (C=O) groups is 1. The zero-order valence-electron chi connectivity index (χ0n) is 13.7. The van der Waals surface area contributed by atoms with Gasteiger partial charge in [0.2, 0.25) is 0 Å². The second kappa shape index (κ2) is 8.93. The number of halogens is 1. The maximum Gasteiger partial charge on any atom is 0.259 e. The lowest BCUT2D eigenvalue weighted by Gasteiger charge is -2.09. The lowest BCUT2D eigenvalue weighted by molar-refractivity contribution is -0.119. The van der Waals surface area contributed by atoms with Crippen LogP contribution < -0.4 is 15.5 Å². The number of amides is 1. The van der Waals surface area contributed by atoms with Crippen LogP contribution >= 0.6 is 11.6 Å². The van der Waals surface area contributed by atoms with Crippen LogP contribution in [-0.2, 0) is 4.79 Å². The molecule has 24 heavy (non-hydrogen) atoms. The predicted octanol–water partition coefficient (Wildman–Crippen LogP) is 3.61. The van der Waals surface area contributed by atoms with Crippen molar-refractivity contribution >= 4 is 29.4 Å². The Labute approximate surface area is 146 Å². The Morgan fingerprint density at radius 2 is 2.04 bits per heavy atom. The Kier molecular flexibility index (Phi) is 6.63. The van der Waals surface area contributed by atoms with E-state index in [1.807, 2.05) is 56.3 Å². The Bertz CT molecular complexity index is 732. The summed E-state index contributed by atoms with van der Waals surface area (Å²) >= 11 is 6.05. The molecule has 2 N–H and O–H groups in total. The summed E-state index contributed by atoms with van der Waals surface area (Å²) in [5, 5.41) is 7.66. The molecule has 2 aromatic carbocycles. The van der Waals surface area contributed by atoms with Gasteiger partial charge in [0, 0.05) is 16.3 Å². The number of hydrogen-bond donors (Lipinski definition) is 2. The number of nitrogens with zero attached hydrogens (tertiary/aromatic N) is 1. The van der Waals surface area contributed by atoms with Crippen molar-refractivity contribution in [1.29, 1.82) is 0 Å². The lowest BCUT2D eigenvalue weighted by atomic mass is 10.2. The summed E-state index contributed by atoms with van der Waals surface area (Å²) in [6.07, 6.45) is 1.56. The zero-order valence-corrected chi connectivity index (χ0v) is 14.4. The summed E-state index contributed by atoms with van der Waals surface area (Å²) in [5.41, 5.74) is 5.01. The number of anilines is 1. The Morgan fingerprint density at radius 3 is 2.83 bits per heavy atom. The number of nitrogens with one attached hydrogen (secondary N) is 2. The highest BCUT2D eigenvalue weighted by molar-refractivity contribution is 6.31. The average molecular weight is 346 g/mol. The van der Waals surface area contributed by atoms with Crippen LogP contribution in [-0.4, -0.2) is 25.3 Å². The Morgan fingerprint density at radius 1 is 1.25 bits per heavy atom. The van der Waals surface area contributed by atoms with E-state index in [2.05, 4.69) is 15.8 Å². The molecule has 0 spiro atoms. The van der Waals surface area contributed by atoms with Crippen molar-refractivity contribution in [3.8, 4) is 5.75 Å². The van der Waals surface area contributed by atoms with Crippen LogP contribution in [0.3, 0.4) is 0 Å². The average Bonchev–Trinajstić information content (AvgIpc) is 2.58. The van der Waals surface area contributed by atoms with Crippen molar-refractivity contribution in [2.24, 2.45) is 5.10 Å². The molecule has 5 nitrogen and oxygen atoms in total. The molecular weight excluding hydrogens is 326 g/mol. The number of para-hydroxylation sites is 1. The largest absolute Gasteiger partial charge is 0.493 e. The van der Waals surface area contributed by atoms with E-state index in [0.29, 0.717) is 11.6 Å². The van der Waals surface area contributed by atoms with Crippen molar-refractivity contribution in [2.45, 2.75) is 13.8 Å². The van der Waals surface area contributed by atoms with Gasteiger partial charge >= 0.3 is 0 Å². The zero-order chi connectivity index (χ0) is 17.4. The molecule has 0 fully saturated rings. The van der Waals surface area contributed by atoms with Gasteiger partial charge < -0.3 is 10.1 Å². The van der Waals surface area contributed by atoms with E-state index in [0.717, 1.165) is 22.6 Å². The van der Waals surface area contributed by atoms with Crippen LogP contribution in [0.5, 0.6) is 5.75 Å². The fraction of sp³-hybridized carbons (Fsp3) is 0.222. The van der Waals surface area contributed by atoms with E-state index in [1.54, 1.807) is 6.21 Å². The first-order valence-corrected chi connectivity index (χ1v) is 8.02. The molecule has 0 aliphatic rings. The molecule has 0 bridgehead atoms. The van der Waals surface area contributed by atoms with E-state index < -0.39 is 0 Å². The molecule has 0 unspecified atom stereocenters. The molecule has 6 heteroatoms. The maximum absolute atomic E-state index is 11.9. The van der Waals surface area contributed by atoms with E-state index in [9.17, 15) is 4.79 Å². The molecule has 0 aliphatic carbocycles. The van der Waals surface area contributed by atoms with E-state index >= 15 is 0 Å². The fourth-order valence-corrected chi connectivity index (χ4v) is 2.24. The second-order valence-electron chi connectivity index (χ2n) is 5.03. The van der Waals surface area contributed by atoms with Gasteiger partial charge in [0.25, 0.3) is 5.91 Å². The van der Waals surface area contributed by atoms with Crippen LogP contribution in [0, 0.1) is 6.92 Å². The lowest BCUT2D eigenvalue weighted by Crippen LogP contribution is -2.26. The standard InChI is InChI=1S/C18H20ClN3O2/c1-3-24-17-10-5-4-7-14(17)11-21-22-18(23)12-20-16-9-6-8-15(19)13(16)2/h4-11,20H,3,12H2,1-2H3,(H,22,23). The number of ether oxygens (including phenoxy) is 1. The van der Waals surface area contributed by atoms with Gasteiger partial charge in [0.15, 0.2) is 0 Å². The quantitative estimate of drug-likeness (QED) is 0.595. The minimum absolute atomic E-state index is 0.103. The van der Waals surface area contributed by atoms with Gasteiger partial charge in [0.1, 0.15) is 5.75 Å². The second-order valence-corrected chi connectivity index (χ2v) is 5.44. The summed E-state index contributed by atoms with van der Waals surface area (Å²) in [4.78, 5) is 11.9. The summed E-state index contributed by atoms with van der Waals surface area (Å²) < 4.78 is 5.50. The molecule has 1 amide bonds. The van der Waals surface area contributed by atoms with Crippen LogP contribution in [0.2, 0.25) is 5.02 Å². The normalized spacial score (nSPS) is 10.6. The molecule has 0 saturated heterocycles. The number of hydrazone groups is 1. The van der Waals surface area contributed by atoms with Crippen molar-refractivity contribution < 1.29 is 9.53 Å². The van der Waals surface area contributed by atoms with Crippen LogP contribution in [0.15, 0.2) is 47.6 Å². The smallest absolute Gasteiger partial charge is 0.259 e. The first kappa shape index (κ1) is 17.8. The first-order chi connectivity index (χ1) is 11.6. The molecule has 0 atom stereocenters. The van der Waals surface area contributed by atoms with E-state index in [-0.39, 0.29) is 12.5 Å². The fourth-order valence-electron chi connectivity index (χ4n) is 2.06. The molecule has 0 aromatic heterocycles. The van der Waals surface area contributed by atoms with Crippen molar-refractivity contribution in [1.82, 2.24) is 5.43 Å². The topological polar surface area (TPSA) is 62.7 Å². The summed E-state index contributed by atoms with van der Waals surface area (Å²) in [5.74, 6) is 0.477. The van der Waals surface area contributed by atoms with Gasteiger partial charge in [-0.3, -0.25) is 4.79 Å². The van der Waals surface area contributed by atoms with Crippen molar-refractivity contribution in [3.05, 3.63) is 58.6 Å². The van der Waals surface area contributed by atoms with E-state index in [1.165, 1.54) is 0 Å². The van der Waals surface area contributed by atoms with Crippen molar-refractivity contribution in [3.63, 3.8) is 0 Å². The SMILES string of the molecule is CCOc1ccccc1C=NNC(=O)CNc1cccc(Cl)c1C. The van der Waals surface area contributed by atoms with Crippen LogP contribution in [0.1, 0.15) is 18.1 Å². The third kappa shape index (κ3) is 4.99. The molecule has 0 aliphatic heterocycles. The summed E-state index contributed by atoms with van der Waals surface area (Å²) in [7, 11) is 0. The van der Waals surface area contributed by atoms with Gasteiger partial charge in [-0.05, 0) is 43.7 Å². The third-order valence-corrected chi connectivity index (χ3v) is 3.73. The highest BCUT2D eigenvalue weighted by atomic mass is 35.5. The Hall–Kier alpha value is -2.53. The van der Waals surface area contributed by atoms with Crippen molar-refractivity contribution in [2.75, 3.05) is 18.5 Å². The molecule has 0 heterocycles. The highest BCUT2D eigenvalue weighted by Gasteiger charge is 2.04. The van der Waals surface area contributed by atoms with Gasteiger partial charge in [-0.25, -0.2) is 5.43 Å². The number of hydrogen-bond acceptors (Lipinski definition) is 4. The molecule has 2 rings (SSSR count). The molecule has 0 saturated carbocycles. The first-order valence-electron chi connectivity index (χ1n) is 7.64.